The lowest BCUT2D eigenvalue weighted by Gasteiger charge is -2.38. The van der Waals surface area contributed by atoms with Gasteiger partial charge in [0.05, 0.1) is 18.2 Å². The molecule has 5 aliphatic rings. The Bertz CT molecular complexity index is 1850. The monoisotopic (exact) mass is 645 g/mol. The third kappa shape index (κ3) is 4.52. The van der Waals surface area contributed by atoms with Crippen molar-refractivity contribution < 1.29 is 22.7 Å². The van der Waals surface area contributed by atoms with Gasteiger partial charge in [-0.15, -0.1) is 0 Å². The molecule has 3 aromatic rings. The van der Waals surface area contributed by atoms with Crippen molar-refractivity contribution in [3.8, 4) is 17.0 Å². The molecule has 2 saturated carbocycles. The Labute approximate surface area is 270 Å². The number of ether oxygens (including phenoxy) is 1. The number of amides is 2. The summed E-state index contributed by atoms with van der Waals surface area (Å²) in [7, 11) is 0.510. The predicted molar refractivity (Wildman–Crippen MR) is 176 cm³/mol. The number of nitrogens with zero attached hydrogens (tertiary/aromatic N) is 3. The fourth-order valence-corrected chi connectivity index (χ4v) is 9.59. The van der Waals surface area contributed by atoms with Crippen LogP contribution in [0.25, 0.3) is 22.2 Å². The first-order valence-electron chi connectivity index (χ1n) is 16.8. The van der Waals surface area contributed by atoms with E-state index in [0.717, 1.165) is 77.4 Å². The number of piperazine rings is 1. The van der Waals surface area contributed by atoms with Crippen LogP contribution in [-0.4, -0.2) is 80.4 Å². The average Bonchev–Trinajstić information content (AvgIpc) is 3.65. The number of benzene rings is 2. The van der Waals surface area contributed by atoms with E-state index in [0.29, 0.717) is 12.5 Å². The van der Waals surface area contributed by atoms with Gasteiger partial charge in [-0.3, -0.25) is 9.59 Å². The SMILES string of the molecule is COc1ccc2c(c1)C1CC1(C(=O)N1C3CCC1CNC3)Cn1c-2c(C2CCCCC2)c2ccc(C(=O)NS(=O)(=O)N(C)C)cc21. The quantitative estimate of drug-likeness (QED) is 0.412. The Balaban J connectivity index is 1.33. The summed E-state index contributed by atoms with van der Waals surface area (Å²) >= 11 is 0. The third-order valence-electron chi connectivity index (χ3n) is 11.5. The first-order valence-corrected chi connectivity index (χ1v) is 18.2. The lowest BCUT2D eigenvalue weighted by atomic mass is 9.81. The second kappa shape index (κ2) is 10.8. The molecule has 2 N–H and O–H groups in total. The van der Waals surface area contributed by atoms with Crippen LogP contribution < -0.4 is 14.8 Å². The predicted octanol–water partition coefficient (Wildman–Crippen LogP) is 4.35. The molecule has 1 aromatic heterocycles. The van der Waals surface area contributed by atoms with E-state index in [9.17, 15) is 18.0 Å². The molecule has 46 heavy (non-hydrogen) atoms. The van der Waals surface area contributed by atoms with Gasteiger partial charge in [-0.25, -0.2) is 4.72 Å². The fourth-order valence-electron chi connectivity index (χ4n) is 9.06. The van der Waals surface area contributed by atoms with Gasteiger partial charge in [-0.2, -0.15) is 12.7 Å². The minimum absolute atomic E-state index is 0.0743. The Hall–Kier alpha value is -3.41. The summed E-state index contributed by atoms with van der Waals surface area (Å²) in [6.45, 7) is 2.20. The topological polar surface area (TPSA) is 113 Å². The standard InChI is InChI=1S/C35H43N5O5S/c1-38(2)46(43,44)37-33(41)22-9-13-27-30(15-22)39-20-35(34(42)40-23-10-11-24(40)19-36-18-23)17-29(35)28-16-25(45-3)12-14-26(28)32(39)31(27)21-7-5-4-6-8-21/h9,12-16,21,23-24,29,36H,4-8,10-11,17-20H2,1-3H3,(H,37,41). The number of fused-ring (bicyclic) bond motifs is 9. The first kappa shape index (κ1) is 30.0. The van der Waals surface area contributed by atoms with E-state index in [2.05, 4.69) is 31.6 Å². The second-order valence-electron chi connectivity index (χ2n) is 14.3. The Morgan fingerprint density at radius 2 is 1.74 bits per heavy atom. The number of carbonyl (C=O) groups is 2. The van der Waals surface area contributed by atoms with Gasteiger partial charge in [0, 0.05) is 73.8 Å². The molecule has 2 amide bonds. The highest BCUT2D eigenvalue weighted by Gasteiger charge is 2.65. The molecule has 4 atom stereocenters. The molecule has 2 bridgehead atoms. The number of aromatic nitrogens is 1. The lowest BCUT2D eigenvalue weighted by molar-refractivity contribution is -0.141. The normalized spacial score (nSPS) is 27.1. The molecule has 244 valence electrons. The van der Waals surface area contributed by atoms with Gasteiger partial charge in [0.15, 0.2) is 0 Å². The van der Waals surface area contributed by atoms with Crippen LogP contribution in [0.5, 0.6) is 5.75 Å². The van der Waals surface area contributed by atoms with Crippen molar-refractivity contribution in [2.24, 2.45) is 5.41 Å². The maximum Gasteiger partial charge on any atom is 0.303 e. The molecule has 4 heterocycles. The molecular formula is C35H43N5O5S. The van der Waals surface area contributed by atoms with Crippen molar-refractivity contribution in [1.29, 1.82) is 0 Å². The summed E-state index contributed by atoms with van der Waals surface area (Å²) in [6.07, 6.45) is 8.61. The Morgan fingerprint density at radius 3 is 2.43 bits per heavy atom. The van der Waals surface area contributed by atoms with Crippen molar-refractivity contribution in [2.45, 2.75) is 81.8 Å². The third-order valence-corrected chi connectivity index (χ3v) is 12.9. The molecule has 0 radical (unpaired) electrons. The zero-order valence-electron chi connectivity index (χ0n) is 26.8. The van der Waals surface area contributed by atoms with Gasteiger partial charge in [-0.05, 0) is 79.5 Å². The smallest absolute Gasteiger partial charge is 0.303 e. The van der Waals surface area contributed by atoms with Crippen LogP contribution in [0.1, 0.15) is 84.7 Å². The van der Waals surface area contributed by atoms with E-state index in [-0.39, 0.29) is 29.5 Å². The maximum absolute atomic E-state index is 14.9. The van der Waals surface area contributed by atoms with E-state index < -0.39 is 21.5 Å². The van der Waals surface area contributed by atoms with Crippen LogP contribution in [0.3, 0.4) is 0 Å². The zero-order chi connectivity index (χ0) is 32.0. The second-order valence-corrected chi connectivity index (χ2v) is 16.1. The van der Waals surface area contributed by atoms with E-state index in [1.165, 1.54) is 44.5 Å². The van der Waals surface area contributed by atoms with E-state index in [1.807, 2.05) is 18.2 Å². The van der Waals surface area contributed by atoms with Crippen molar-refractivity contribution in [1.82, 2.24) is 23.8 Å². The van der Waals surface area contributed by atoms with Crippen molar-refractivity contribution in [2.75, 3.05) is 34.3 Å². The molecule has 4 unspecified atom stereocenters. The van der Waals surface area contributed by atoms with Crippen molar-refractivity contribution >= 4 is 32.9 Å². The molecule has 8 rings (SSSR count). The molecule has 2 aromatic carbocycles. The van der Waals surface area contributed by atoms with Gasteiger partial charge in [0.1, 0.15) is 5.75 Å². The van der Waals surface area contributed by atoms with Gasteiger partial charge < -0.3 is 19.5 Å². The number of hydrogen-bond donors (Lipinski definition) is 2. The summed E-state index contributed by atoms with van der Waals surface area (Å²) in [6, 6.07) is 12.3. The summed E-state index contributed by atoms with van der Waals surface area (Å²) in [4.78, 5) is 30.4. The molecule has 2 saturated heterocycles. The van der Waals surface area contributed by atoms with Crippen LogP contribution in [-0.2, 0) is 21.5 Å². The molecular weight excluding hydrogens is 602 g/mol. The largest absolute Gasteiger partial charge is 0.497 e. The summed E-state index contributed by atoms with van der Waals surface area (Å²) in [5, 5.41) is 4.61. The molecule has 10 nitrogen and oxygen atoms in total. The molecule has 3 aliphatic heterocycles. The maximum atomic E-state index is 14.9. The van der Waals surface area contributed by atoms with Gasteiger partial charge in [-0.1, -0.05) is 25.3 Å². The van der Waals surface area contributed by atoms with Gasteiger partial charge >= 0.3 is 10.2 Å². The number of nitrogens with one attached hydrogen (secondary N) is 2. The summed E-state index contributed by atoms with van der Waals surface area (Å²) in [5.74, 6) is 0.808. The first-order chi connectivity index (χ1) is 22.1. The van der Waals surface area contributed by atoms with Crippen LogP contribution >= 0.6 is 0 Å². The van der Waals surface area contributed by atoms with E-state index in [1.54, 1.807) is 13.2 Å². The molecule has 11 heteroatoms. The van der Waals surface area contributed by atoms with E-state index in [4.69, 9.17) is 4.74 Å². The minimum Gasteiger partial charge on any atom is -0.497 e. The Kier molecular flexibility index (Phi) is 7.04. The number of carbonyl (C=O) groups excluding carboxylic acids is 2. The number of methoxy groups -OCH3 is 1. The van der Waals surface area contributed by atoms with Crippen LogP contribution in [0.4, 0.5) is 0 Å². The highest BCUT2D eigenvalue weighted by atomic mass is 32.2. The highest BCUT2D eigenvalue weighted by molar-refractivity contribution is 7.87. The summed E-state index contributed by atoms with van der Waals surface area (Å²) < 4.78 is 36.4. The van der Waals surface area contributed by atoms with Crippen molar-refractivity contribution in [3.63, 3.8) is 0 Å². The average molecular weight is 646 g/mol. The fraction of sp³-hybridized carbons (Fsp3) is 0.543. The molecule has 4 fully saturated rings. The zero-order valence-corrected chi connectivity index (χ0v) is 27.7. The van der Waals surface area contributed by atoms with Gasteiger partial charge in [0.25, 0.3) is 5.91 Å². The van der Waals surface area contributed by atoms with Crippen molar-refractivity contribution in [3.05, 3.63) is 53.1 Å². The minimum atomic E-state index is -3.96. The van der Waals surface area contributed by atoms with Crippen LogP contribution in [0.15, 0.2) is 36.4 Å². The molecule has 0 spiro atoms. The summed E-state index contributed by atoms with van der Waals surface area (Å²) in [5.41, 5.74) is 5.31. The Morgan fingerprint density at radius 1 is 1.00 bits per heavy atom. The van der Waals surface area contributed by atoms with Crippen LogP contribution in [0, 0.1) is 5.41 Å². The number of rotatable bonds is 6. The molecule has 2 aliphatic carbocycles. The highest BCUT2D eigenvalue weighted by Crippen LogP contribution is 2.66. The lowest BCUT2D eigenvalue weighted by Crippen LogP contribution is -2.56. The van der Waals surface area contributed by atoms with Crippen LogP contribution in [0.2, 0.25) is 0 Å². The van der Waals surface area contributed by atoms with E-state index >= 15 is 0 Å². The number of hydrogen-bond acceptors (Lipinski definition) is 6. The van der Waals surface area contributed by atoms with Gasteiger partial charge in [0.2, 0.25) is 5.91 Å².